The van der Waals surface area contributed by atoms with Crippen LogP contribution >= 0.6 is 34.5 Å². The lowest BCUT2D eigenvalue weighted by atomic mass is 10.0. The zero-order chi connectivity index (χ0) is 17.4. The molecular weight excluding hydrogens is 379 g/mol. The molecule has 4 rings (SSSR count). The Kier molecular flexibility index (Phi) is 4.86. The van der Waals surface area contributed by atoms with Gasteiger partial charge < -0.3 is 10.1 Å². The van der Waals surface area contributed by atoms with Crippen molar-refractivity contribution in [2.75, 3.05) is 11.9 Å². The molecule has 1 aliphatic heterocycles. The summed E-state index contributed by atoms with van der Waals surface area (Å²) in [6, 6.07) is 4.11. The van der Waals surface area contributed by atoms with Crippen molar-refractivity contribution in [1.82, 2.24) is 14.6 Å². The largest absolute Gasteiger partial charge is 0.373 e. The second kappa shape index (κ2) is 7.11. The molecule has 132 valence electrons. The van der Waals surface area contributed by atoms with Crippen LogP contribution in [0.4, 0.5) is 5.82 Å². The van der Waals surface area contributed by atoms with E-state index in [1.165, 1.54) is 4.88 Å². The van der Waals surface area contributed by atoms with Crippen LogP contribution in [0, 0.1) is 6.92 Å². The van der Waals surface area contributed by atoms with Gasteiger partial charge in [0.1, 0.15) is 10.7 Å². The van der Waals surface area contributed by atoms with Crippen LogP contribution in [0.2, 0.25) is 10.4 Å². The summed E-state index contributed by atoms with van der Waals surface area (Å²) in [5.74, 6) is 0.690. The second-order valence-corrected chi connectivity index (χ2v) is 7.84. The highest BCUT2D eigenvalue weighted by Crippen LogP contribution is 2.39. The van der Waals surface area contributed by atoms with Crippen molar-refractivity contribution in [3.63, 3.8) is 0 Å². The zero-order valence-corrected chi connectivity index (χ0v) is 16.1. The van der Waals surface area contributed by atoms with Crippen molar-refractivity contribution >= 4 is 45.9 Å². The number of hydrogen-bond donors (Lipinski definition) is 1. The molecule has 1 unspecified atom stereocenters. The van der Waals surface area contributed by atoms with Gasteiger partial charge in [0.15, 0.2) is 5.82 Å². The number of nitrogens with zero attached hydrogens (tertiary/aromatic N) is 3. The molecule has 0 saturated carbocycles. The Morgan fingerprint density at radius 1 is 1.40 bits per heavy atom. The standard InChI is InChI=1S/C17H18Cl2N4OS/c1-10-13(12-6-2-3-7-24-12)15(18)23-14(10)16(21-17(19)22-23)20-9-11-5-4-8-25-11/h4-5,8,12H,2-3,6-7,9H2,1H3,(H,20,21,22). The summed E-state index contributed by atoms with van der Waals surface area (Å²) in [5.41, 5.74) is 2.90. The quantitative estimate of drug-likeness (QED) is 0.653. The molecule has 0 radical (unpaired) electrons. The Morgan fingerprint density at radius 2 is 2.28 bits per heavy atom. The minimum absolute atomic E-state index is 0.00636. The zero-order valence-electron chi connectivity index (χ0n) is 13.8. The topological polar surface area (TPSA) is 51.5 Å². The van der Waals surface area contributed by atoms with E-state index in [-0.39, 0.29) is 11.4 Å². The monoisotopic (exact) mass is 396 g/mol. The van der Waals surface area contributed by atoms with Gasteiger partial charge in [0.05, 0.1) is 12.6 Å². The average molecular weight is 397 g/mol. The van der Waals surface area contributed by atoms with Crippen LogP contribution in [0.15, 0.2) is 17.5 Å². The van der Waals surface area contributed by atoms with Crippen LogP contribution in [0.5, 0.6) is 0 Å². The van der Waals surface area contributed by atoms with E-state index < -0.39 is 0 Å². The molecule has 5 nitrogen and oxygen atoms in total. The number of hydrogen-bond acceptors (Lipinski definition) is 5. The molecule has 0 spiro atoms. The van der Waals surface area contributed by atoms with Crippen LogP contribution in [0.25, 0.3) is 5.52 Å². The molecule has 1 saturated heterocycles. The maximum atomic E-state index is 6.65. The lowest BCUT2D eigenvalue weighted by Gasteiger charge is -2.23. The number of rotatable bonds is 4. The van der Waals surface area contributed by atoms with E-state index in [2.05, 4.69) is 26.8 Å². The smallest absolute Gasteiger partial charge is 0.243 e. The van der Waals surface area contributed by atoms with Gasteiger partial charge in [-0.05, 0) is 54.8 Å². The number of anilines is 1. The molecule has 4 heterocycles. The van der Waals surface area contributed by atoms with Gasteiger partial charge in [-0.2, -0.15) is 4.98 Å². The van der Waals surface area contributed by atoms with Crippen LogP contribution in [0.1, 0.15) is 41.4 Å². The number of fused-ring (bicyclic) bond motifs is 1. The number of thiophene rings is 1. The SMILES string of the molecule is Cc1c(C2CCCCO2)c(Cl)n2nc(Cl)nc(NCc3cccs3)c12. The molecule has 1 N–H and O–H groups in total. The first-order valence-corrected chi connectivity index (χ1v) is 9.91. The van der Waals surface area contributed by atoms with Gasteiger partial charge in [0, 0.05) is 17.0 Å². The summed E-state index contributed by atoms with van der Waals surface area (Å²) in [6.07, 6.45) is 3.21. The number of halogens is 2. The Hall–Kier alpha value is -1.34. The van der Waals surface area contributed by atoms with Gasteiger partial charge in [0.25, 0.3) is 0 Å². The van der Waals surface area contributed by atoms with Gasteiger partial charge in [-0.1, -0.05) is 17.7 Å². The van der Waals surface area contributed by atoms with Crippen LogP contribution in [-0.2, 0) is 11.3 Å². The van der Waals surface area contributed by atoms with Crippen molar-refractivity contribution in [2.24, 2.45) is 0 Å². The molecule has 1 atom stereocenters. The molecule has 0 aromatic carbocycles. The summed E-state index contributed by atoms with van der Waals surface area (Å²) < 4.78 is 7.62. The van der Waals surface area contributed by atoms with E-state index in [1.54, 1.807) is 15.9 Å². The summed E-state index contributed by atoms with van der Waals surface area (Å²) >= 11 is 14.5. The molecule has 0 aliphatic carbocycles. The van der Waals surface area contributed by atoms with E-state index >= 15 is 0 Å². The van der Waals surface area contributed by atoms with Crippen molar-refractivity contribution in [2.45, 2.75) is 38.8 Å². The summed E-state index contributed by atoms with van der Waals surface area (Å²) in [5, 5.41) is 10.4. The van der Waals surface area contributed by atoms with Crippen LogP contribution < -0.4 is 5.32 Å². The highest BCUT2D eigenvalue weighted by atomic mass is 35.5. The molecule has 3 aromatic rings. The van der Waals surface area contributed by atoms with E-state index in [0.717, 1.165) is 42.5 Å². The first-order valence-electron chi connectivity index (χ1n) is 8.27. The first-order chi connectivity index (χ1) is 12.1. The number of nitrogens with one attached hydrogen (secondary N) is 1. The van der Waals surface area contributed by atoms with E-state index in [4.69, 9.17) is 27.9 Å². The maximum Gasteiger partial charge on any atom is 0.243 e. The lowest BCUT2D eigenvalue weighted by Crippen LogP contribution is -2.12. The summed E-state index contributed by atoms with van der Waals surface area (Å²) in [7, 11) is 0. The Morgan fingerprint density at radius 3 is 3.00 bits per heavy atom. The van der Waals surface area contributed by atoms with Gasteiger partial charge in [-0.25, -0.2) is 4.52 Å². The predicted molar refractivity (Wildman–Crippen MR) is 102 cm³/mol. The number of aromatic nitrogens is 3. The van der Waals surface area contributed by atoms with Gasteiger partial charge >= 0.3 is 0 Å². The minimum Gasteiger partial charge on any atom is -0.373 e. The second-order valence-electron chi connectivity index (χ2n) is 6.11. The predicted octanol–water partition coefficient (Wildman–Crippen LogP) is 5.26. The van der Waals surface area contributed by atoms with E-state index in [9.17, 15) is 0 Å². The average Bonchev–Trinajstić information content (AvgIpc) is 3.21. The van der Waals surface area contributed by atoms with Crippen molar-refractivity contribution < 1.29 is 4.74 Å². The Bertz CT molecular complexity index is 888. The molecule has 3 aromatic heterocycles. The highest BCUT2D eigenvalue weighted by Gasteiger charge is 2.27. The number of aryl methyl sites for hydroxylation is 1. The van der Waals surface area contributed by atoms with Crippen molar-refractivity contribution in [3.05, 3.63) is 44.0 Å². The van der Waals surface area contributed by atoms with Gasteiger partial charge in [-0.15, -0.1) is 16.4 Å². The molecule has 1 aliphatic rings. The summed E-state index contributed by atoms with van der Waals surface area (Å²) in [6.45, 7) is 3.49. The third kappa shape index (κ3) is 3.24. The fraction of sp³-hybridized carbons (Fsp3) is 0.412. The fourth-order valence-electron chi connectivity index (χ4n) is 3.33. The van der Waals surface area contributed by atoms with Crippen LogP contribution in [-0.4, -0.2) is 21.2 Å². The minimum atomic E-state index is 0.00636. The molecule has 0 bridgehead atoms. The van der Waals surface area contributed by atoms with Crippen molar-refractivity contribution in [3.8, 4) is 0 Å². The van der Waals surface area contributed by atoms with E-state index in [0.29, 0.717) is 17.5 Å². The normalized spacial score (nSPS) is 18.0. The number of ether oxygens (including phenoxy) is 1. The van der Waals surface area contributed by atoms with Gasteiger partial charge in [-0.3, -0.25) is 0 Å². The first kappa shape index (κ1) is 17.1. The third-order valence-corrected chi connectivity index (χ3v) is 5.90. The third-order valence-electron chi connectivity index (χ3n) is 4.50. The highest BCUT2D eigenvalue weighted by molar-refractivity contribution is 7.09. The van der Waals surface area contributed by atoms with Crippen molar-refractivity contribution in [1.29, 1.82) is 0 Å². The molecule has 8 heteroatoms. The molecule has 1 fully saturated rings. The maximum absolute atomic E-state index is 6.65. The lowest BCUT2D eigenvalue weighted by molar-refractivity contribution is 0.0147. The van der Waals surface area contributed by atoms with Crippen LogP contribution in [0.3, 0.4) is 0 Å². The molecule has 0 amide bonds. The van der Waals surface area contributed by atoms with Gasteiger partial charge in [0.2, 0.25) is 5.28 Å². The Balaban J connectivity index is 1.77. The molecule has 25 heavy (non-hydrogen) atoms. The fourth-order valence-corrected chi connectivity index (χ4v) is 4.52. The van der Waals surface area contributed by atoms with E-state index in [1.807, 2.05) is 13.0 Å². The summed E-state index contributed by atoms with van der Waals surface area (Å²) in [4.78, 5) is 5.61. The molecular formula is C17H18Cl2N4OS. The Labute approximate surface area is 159 Å².